The highest BCUT2D eigenvalue weighted by atomic mass is 16.5. The summed E-state index contributed by atoms with van der Waals surface area (Å²) in [6.07, 6.45) is -0.0392. The SMILES string of the molecule is COc1ccc(NC(=O)C[C@@H]2C(=O)Nc3nc(-c4ccccc4)nn32)cc1. The molecule has 0 saturated carbocycles. The summed E-state index contributed by atoms with van der Waals surface area (Å²) in [6, 6.07) is 15.7. The molecule has 8 nitrogen and oxygen atoms in total. The number of fused-ring (bicyclic) bond motifs is 1. The summed E-state index contributed by atoms with van der Waals surface area (Å²) in [7, 11) is 1.58. The largest absolute Gasteiger partial charge is 0.497 e. The predicted octanol–water partition coefficient (Wildman–Crippen LogP) is 2.48. The maximum atomic E-state index is 12.4. The van der Waals surface area contributed by atoms with Gasteiger partial charge in [-0.2, -0.15) is 4.98 Å². The van der Waals surface area contributed by atoms with Crippen LogP contribution in [0.3, 0.4) is 0 Å². The van der Waals surface area contributed by atoms with Gasteiger partial charge in [-0.05, 0) is 24.3 Å². The number of amides is 2. The van der Waals surface area contributed by atoms with Gasteiger partial charge in [0.05, 0.1) is 13.5 Å². The Labute approximate surface area is 155 Å². The van der Waals surface area contributed by atoms with Crippen LogP contribution in [0.5, 0.6) is 5.75 Å². The number of hydrogen-bond acceptors (Lipinski definition) is 5. The smallest absolute Gasteiger partial charge is 0.252 e. The maximum Gasteiger partial charge on any atom is 0.252 e. The third-order valence-electron chi connectivity index (χ3n) is 4.25. The third-order valence-corrected chi connectivity index (χ3v) is 4.25. The fourth-order valence-corrected chi connectivity index (χ4v) is 2.88. The van der Waals surface area contributed by atoms with Crippen molar-refractivity contribution in [3.63, 3.8) is 0 Å². The van der Waals surface area contributed by atoms with Crippen molar-refractivity contribution in [1.82, 2.24) is 14.8 Å². The molecule has 0 bridgehead atoms. The lowest BCUT2D eigenvalue weighted by molar-refractivity contribution is -0.123. The molecule has 2 aromatic carbocycles. The first-order valence-corrected chi connectivity index (χ1v) is 8.41. The normalized spacial score (nSPS) is 15.1. The fraction of sp³-hybridized carbons (Fsp3) is 0.158. The monoisotopic (exact) mass is 363 g/mol. The summed E-state index contributed by atoms with van der Waals surface area (Å²) in [4.78, 5) is 28.9. The van der Waals surface area contributed by atoms with Gasteiger partial charge >= 0.3 is 0 Å². The number of nitrogens with one attached hydrogen (secondary N) is 2. The number of carbonyl (C=O) groups is 2. The van der Waals surface area contributed by atoms with E-state index in [1.54, 1.807) is 31.4 Å². The van der Waals surface area contributed by atoms with E-state index in [-0.39, 0.29) is 18.2 Å². The molecule has 8 heteroatoms. The number of hydrogen-bond donors (Lipinski definition) is 2. The van der Waals surface area contributed by atoms with Gasteiger partial charge in [-0.15, -0.1) is 5.10 Å². The Morgan fingerprint density at radius 1 is 1.19 bits per heavy atom. The molecular formula is C19H17N5O3. The number of rotatable bonds is 5. The predicted molar refractivity (Wildman–Crippen MR) is 99.4 cm³/mol. The topological polar surface area (TPSA) is 98.1 Å². The molecule has 2 N–H and O–H groups in total. The van der Waals surface area contributed by atoms with Gasteiger partial charge in [0, 0.05) is 11.3 Å². The summed E-state index contributed by atoms with van der Waals surface area (Å²) in [5.74, 6) is 0.968. The van der Waals surface area contributed by atoms with Gasteiger partial charge in [0.1, 0.15) is 11.8 Å². The average Bonchev–Trinajstić information content (AvgIpc) is 3.22. The minimum absolute atomic E-state index is 0.0392. The minimum atomic E-state index is -0.733. The van der Waals surface area contributed by atoms with Crippen LogP contribution in [0, 0.1) is 0 Å². The molecule has 1 aliphatic heterocycles. The van der Waals surface area contributed by atoms with Gasteiger partial charge in [-0.25, -0.2) is 4.68 Å². The van der Waals surface area contributed by atoms with Crippen LogP contribution in [0.15, 0.2) is 54.6 Å². The quantitative estimate of drug-likeness (QED) is 0.726. The summed E-state index contributed by atoms with van der Waals surface area (Å²) >= 11 is 0. The molecule has 0 radical (unpaired) electrons. The molecule has 0 unspecified atom stereocenters. The van der Waals surface area contributed by atoms with E-state index >= 15 is 0 Å². The zero-order valence-electron chi connectivity index (χ0n) is 14.5. The van der Waals surface area contributed by atoms with Gasteiger partial charge in [-0.3, -0.25) is 14.9 Å². The Morgan fingerprint density at radius 3 is 2.63 bits per heavy atom. The van der Waals surface area contributed by atoms with Gasteiger partial charge in [0.2, 0.25) is 11.9 Å². The lowest BCUT2D eigenvalue weighted by atomic mass is 10.2. The van der Waals surface area contributed by atoms with E-state index in [2.05, 4.69) is 20.7 Å². The Morgan fingerprint density at radius 2 is 1.93 bits per heavy atom. The summed E-state index contributed by atoms with van der Waals surface area (Å²) in [5, 5.41) is 9.85. The molecule has 0 aliphatic carbocycles. The highest BCUT2D eigenvalue weighted by molar-refractivity contribution is 6.01. The number of ether oxygens (including phenoxy) is 1. The van der Waals surface area contributed by atoms with Gasteiger partial charge in [0.25, 0.3) is 5.91 Å². The van der Waals surface area contributed by atoms with Crippen LogP contribution in [-0.2, 0) is 9.59 Å². The minimum Gasteiger partial charge on any atom is -0.497 e. The number of aromatic nitrogens is 3. The summed E-state index contributed by atoms with van der Waals surface area (Å²) < 4.78 is 6.56. The average molecular weight is 363 g/mol. The molecule has 3 aromatic rings. The molecular weight excluding hydrogens is 346 g/mol. The van der Waals surface area contributed by atoms with E-state index in [1.165, 1.54) is 4.68 Å². The van der Waals surface area contributed by atoms with Crippen LogP contribution in [-0.4, -0.2) is 33.7 Å². The van der Waals surface area contributed by atoms with Crippen molar-refractivity contribution in [2.24, 2.45) is 0 Å². The number of anilines is 2. The first-order valence-electron chi connectivity index (χ1n) is 8.41. The number of nitrogens with zero attached hydrogens (tertiary/aromatic N) is 3. The van der Waals surface area contributed by atoms with Crippen molar-refractivity contribution in [3.05, 3.63) is 54.6 Å². The molecule has 1 aromatic heterocycles. The molecule has 27 heavy (non-hydrogen) atoms. The second-order valence-corrected chi connectivity index (χ2v) is 6.06. The van der Waals surface area contributed by atoms with Crippen molar-refractivity contribution in [2.75, 3.05) is 17.7 Å². The van der Waals surface area contributed by atoms with E-state index < -0.39 is 6.04 Å². The molecule has 1 atom stereocenters. The molecule has 0 spiro atoms. The Hall–Kier alpha value is -3.68. The summed E-state index contributed by atoms with van der Waals surface area (Å²) in [5.41, 5.74) is 1.47. The highest BCUT2D eigenvalue weighted by Gasteiger charge is 2.35. The molecule has 1 aliphatic rings. The van der Waals surface area contributed by atoms with Crippen molar-refractivity contribution >= 4 is 23.5 Å². The molecule has 4 rings (SSSR count). The first kappa shape index (κ1) is 16.8. The second-order valence-electron chi connectivity index (χ2n) is 6.06. The fourth-order valence-electron chi connectivity index (χ4n) is 2.88. The van der Waals surface area contributed by atoms with Crippen LogP contribution in [0.4, 0.5) is 11.6 Å². The van der Waals surface area contributed by atoms with Crippen molar-refractivity contribution in [2.45, 2.75) is 12.5 Å². The Bertz CT molecular complexity index is 982. The van der Waals surface area contributed by atoms with Gasteiger partial charge < -0.3 is 10.1 Å². The first-order chi connectivity index (χ1) is 13.1. The lowest BCUT2D eigenvalue weighted by Crippen LogP contribution is -2.23. The Balaban J connectivity index is 1.49. The van der Waals surface area contributed by atoms with Crippen LogP contribution in [0.1, 0.15) is 12.5 Å². The van der Waals surface area contributed by atoms with E-state index in [0.29, 0.717) is 23.2 Å². The number of methoxy groups -OCH3 is 1. The molecule has 0 fully saturated rings. The van der Waals surface area contributed by atoms with E-state index in [9.17, 15) is 9.59 Å². The van der Waals surface area contributed by atoms with Crippen molar-refractivity contribution < 1.29 is 14.3 Å². The van der Waals surface area contributed by atoms with E-state index in [0.717, 1.165) is 5.56 Å². The van der Waals surface area contributed by atoms with Crippen LogP contribution >= 0.6 is 0 Å². The second kappa shape index (κ2) is 6.91. The zero-order valence-corrected chi connectivity index (χ0v) is 14.5. The third kappa shape index (κ3) is 3.37. The van der Waals surface area contributed by atoms with Crippen molar-refractivity contribution in [1.29, 1.82) is 0 Å². The molecule has 0 saturated heterocycles. The molecule has 136 valence electrons. The van der Waals surface area contributed by atoms with Crippen LogP contribution < -0.4 is 15.4 Å². The van der Waals surface area contributed by atoms with Crippen molar-refractivity contribution in [3.8, 4) is 17.1 Å². The lowest BCUT2D eigenvalue weighted by Gasteiger charge is -2.10. The zero-order chi connectivity index (χ0) is 18.8. The van der Waals surface area contributed by atoms with Gasteiger partial charge in [-0.1, -0.05) is 30.3 Å². The van der Waals surface area contributed by atoms with Gasteiger partial charge in [0.15, 0.2) is 5.82 Å². The number of benzene rings is 2. The summed E-state index contributed by atoms with van der Waals surface area (Å²) in [6.45, 7) is 0. The Kier molecular flexibility index (Phi) is 4.29. The molecule has 2 heterocycles. The molecule has 2 amide bonds. The van der Waals surface area contributed by atoms with Crippen LogP contribution in [0.2, 0.25) is 0 Å². The standard InChI is InChI=1S/C19H17N5O3/c1-27-14-9-7-13(8-10-14)20-16(25)11-15-18(26)22-19-21-17(23-24(15)19)12-5-3-2-4-6-12/h2-10,15H,11H2,1H3,(H,20,25)(H,21,22,23,26)/t15-/m1/s1. The number of carbonyl (C=O) groups excluding carboxylic acids is 2. The van der Waals surface area contributed by atoms with E-state index in [1.807, 2.05) is 30.3 Å². The van der Waals surface area contributed by atoms with Crippen LogP contribution in [0.25, 0.3) is 11.4 Å². The van der Waals surface area contributed by atoms with E-state index in [4.69, 9.17) is 4.74 Å². The highest BCUT2D eigenvalue weighted by Crippen LogP contribution is 2.28. The maximum absolute atomic E-state index is 12.4.